The van der Waals surface area contributed by atoms with Gasteiger partial charge in [-0.3, -0.25) is 9.59 Å². The Kier molecular flexibility index (Phi) is 8.72. The first-order chi connectivity index (χ1) is 15.6. The largest absolute Gasteiger partial charge is 0.444 e. The summed E-state index contributed by atoms with van der Waals surface area (Å²) in [6.45, 7) is 17.0. The number of amides is 3. The van der Waals surface area contributed by atoms with Crippen LogP contribution in [0.4, 0.5) is 4.79 Å². The highest BCUT2D eigenvalue weighted by Gasteiger charge is 2.49. The highest BCUT2D eigenvalue weighted by molar-refractivity contribution is 7.80. The molecule has 4 unspecified atom stereocenters. The van der Waals surface area contributed by atoms with Crippen molar-refractivity contribution in [2.45, 2.75) is 98.0 Å². The third-order valence-electron chi connectivity index (χ3n) is 5.69. The number of nitrogens with one attached hydrogen (secondary N) is 2. The molecular weight excluding hydrogens is 450 g/mol. The second kappa shape index (κ2) is 10.6. The zero-order valence-corrected chi connectivity index (χ0v) is 22.9. The Hall–Kier alpha value is -2.22. The second-order valence-electron chi connectivity index (χ2n) is 11.4. The minimum Gasteiger partial charge on any atom is -0.444 e. The van der Waals surface area contributed by atoms with Crippen molar-refractivity contribution in [3.05, 3.63) is 34.9 Å². The highest BCUT2D eigenvalue weighted by Crippen LogP contribution is 2.42. The Morgan fingerprint density at radius 2 is 1.65 bits per heavy atom. The van der Waals surface area contributed by atoms with Crippen molar-refractivity contribution in [2.75, 3.05) is 5.75 Å². The van der Waals surface area contributed by atoms with Gasteiger partial charge in [0.05, 0.1) is 0 Å². The van der Waals surface area contributed by atoms with Gasteiger partial charge in [0, 0.05) is 17.3 Å². The molecule has 1 aromatic rings. The zero-order valence-electron chi connectivity index (χ0n) is 22.0. The lowest BCUT2D eigenvalue weighted by Gasteiger charge is -2.37. The van der Waals surface area contributed by atoms with Crippen LogP contribution in [0, 0.1) is 19.8 Å². The number of carbonyl (C=O) groups is 3. The quantitative estimate of drug-likeness (QED) is 0.496. The van der Waals surface area contributed by atoms with Crippen molar-refractivity contribution in [3.63, 3.8) is 0 Å². The van der Waals surface area contributed by atoms with Crippen molar-refractivity contribution in [2.24, 2.45) is 5.92 Å². The Balaban J connectivity index is 2.53. The Labute approximate surface area is 209 Å². The van der Waals surface area contributed by atoms with Gasteiger partial charge in [-0.25, -0.2) is 4.79 Å². The topological polar surface area (TPSA) is 87.7 Å². The molecule has 190 valence electrons. The summed E-state index contributed by atoms with van der Waals surface area (Å²) in [5.74, 6) is -0.254. The SMILES string of the molecule is Cc1cccc(C)c1C(C(=O)NC(C)(C)C)N(C(=O)C(CS)NC(=O)OC(C)(C)C)C1CC1C. The number of nitrogens with zero attached hydrogens (tertiary/aromatic N) is 1. The first-order valence-corrected chi connectivity index (χ1v) is 12.5. The molecule has 2 rings (SSSR count). The monoisotopic (exact) mass is 491 g/mol. The van der Waals surface area contributed by atoms with Crippen LogP contribution in [-0.2, 0) is 14.3 Å². The van der Waals surface area contributed by atoms with Gasteiger partial charge in [0.1, 0.15) is 17.7 Å². The van der Waals surface area contributed by atoms with Crippen LogP contribution in [0.25, 0.3) is 0 Å². The fourth-order valence-corrected chi connectivity index (χ4v) is 4.33. The van der Waals surface area contributed by atoms with E-state index in [9.17, 15) is 14.4 Å². The number of rotatable bonds is 7. The number of carbonyl (C=O) groups excluding carboxylic acids is 3. The molecule has 1 aromatic carbocycles. The van der Waals surface area contributed by atoms with Gasteiger partial charge in [-0.05, 0) is 84.4 Å². The van der Waals surface area contributed by atoms with Gasteiger partial charge in [0.25, 0.3) is 0 Å². The lowest BCUT2D eigenvalue weighted by Crippen LogP contribution is -2.56. The summed E-state index contributed by atoms with van der Waals surface area (Å²) in [6.07, 6.45) is 0.105. The summed E-state index contributed by atoms with van der Waals surface area (Å²) in [4.78, 5) is 41.8. The Bertz CT molecular complexity index is 899. The van der Waals surface area contributed by atoms with Crippen LogP contribution in [0.1, 0.15) is 77.6 Å². The zero-order chi connectivity index (χ0) is 26.0. The van der Waals surface area contributed by atoms with Crippen LogP contribution in [0.5, 0.6) is 0 Å². The molecule has 3 amide bonds. The molecule has 0 bridgehead atoms. The summed E-state index contributed by atoms with van der Waals surface area (Å²) in [7, 11) is 0. The smallest absolute Gasteiger partial charge is 0.408 e. The lowest BCUT2D eigenvalue weighted by atomic mass is 9.92. The third kappa shape index (κ3) is 7.39. The molecule has 1 aliphatic rings. The summed E-state index contributed by atoms with van der Waals surface area (Å²) >= 11 is 4.35. The molecule has 0 heterocycles. The number of aryl methyl sites for hydroxylation is 2. The van der Waals surface area contributed by atoms with Crippen LogP contribution in [0.3, 0.4) is 0 Å². The van der Waals surface area contributed by atoms with E-state index in [0.29, 0.717) is 0 Å². The fraction of sp³-hybridized carbons (Fsp3) is 0.654. The maximum absolute atomic E-state index is 13.9. The van der Waals surface area contributed by atoms with E-state index in [0.717, 1.165) is 23.1 Å². The van der Waals surface area contributed by atoms with Crippen LogP contribution >= 0.6 is 12.6 Å². The van der Waals surface area contributed by atoms with Crippen molar-refractivity contribution < 1.29 is 19.1 Å². The van der Waals surface area contributed by atoms with E-state index in [1.807, 2.05) is 52.8 Å². The molecule has 7 nitrogen and oxygen atoms in total. The maximum atomic E-state index is 13.9. The normalized spacial score (nSPS) is 19.6. The van der Waals surface area contributed by atoms with Gasteiger partial charge >= 0.3 is 6.09 Å². The van der Waals surface area contributed by atoms with Crippen molar-refractivity contribution in [3.8, 4) is 0 Å². The van der Waals surface area contributed by atoms with Gasteiger partial charge < -0.3 is 20.3 Å². The highest BCUT2D eigenvalue weighted by atomic mass is 32.1. The maximum Gasteiger partial charge on any atom is 0.408 e. The summed E-state index contributed by atoms with van der Waals surface area (Å²) in [5.41, 5.74) is 1.50. The predicted octanol–water partition coefficient (Wildman–Crippen LogP) is 4.32. The van der Waals surface area contributed by atoms with Gasteiger partial charge in [0.15, 0.2) is 0 Å². The molecule has 34 heavy (non-hydrogen) atoms. The van der Waals surface area contributed by atoms with Gasteiger partial charge in [0.2, 0.25) is 11.8 Å². The van der Waals surface area contributed by atoms with Crippen molar-refractivity contribution in [1.29, 1.82) is 0 Å². The third-order valence-corrected chi connectivity index (χ3v) is 6.06. The molecule has 0 spiro atoms. The lowest BCUT2D eigenvalue weighted by molar-refractivity contribution is -0.143. The van der Waals surface area contributed by atoms with Crippen molar-refractivity contribution in [1.82, 2.24) is 15.5 Å². The molecule has 0 aromatic heterocycles. The van der Waals surface area contributed by atoms with Crippen LogP contribution in [0.15, 0.2) is 18.2 Å². The number of benzene rings is 1. The Morgan fingerprint density at radius 3 is 2.06 bits per heavy atom. The molecular formula is C26H41N3O4S. The predicted molar refractivity (Wildman–Crippen MR) is 138 cm³/mol. The van der Waals surface area contributed by atoms with E-state index in [4.69, 9.17) is 4.74 Å². The van der Waals surface area contributed by atoms with Crippen molar-refractivity contribution >= 4 is 30.5 Å². The first-order valence-electron chi connectivity index (χ1n) is 11.9. The number of ether oxygens (including phenoxy) is 1. The molecule has 0 aliphatic heterocycles. The molecule has 1 aliphatic carbocycles. The first kappa shape index (κ1) is 28.0. The summed E-state index contributed by atoms with van der Waals surface area (Å²) in [5, 5.41) is 5.73. The van der Waals surface area contributed by atoms with Gasteiger partial charge in [-0.15, -0.1) is 0 Å². The van der Waals surface area contributed by atoms with Gasteiger partial charge in [-0.1, -0.05) is 25.1 Å². The van der Waals surface area contributed by atoms with E-state index < -0.39 is 29.3 Å². The number of alkyl carbamates (subject to hydrolysis) is 1. The molecule has 0 saturated heterocycles. The molecule has 8 heteroatoms. The van der Waals surface area contributed by atoms with Crippen LogP contribution in [-0.4, -0.2) is 51.8 Å². The minimum atomic E-state index is -0.930. The Morgan fingerprint density at radius 1 is 1.12 bits per heavy atom. The average Bonchev–Trinajstić information content (AvgIpc) is 3.37. The summed E-state index contributed by atoms with van der Waals surface area (Å²) in [6, 6.07) is 3.98. The summed E-state index contributed by atoms with van der Waals surface area (Å²) < 4.78 is 5.36. The van der Waals surface area contributed by atoms with E-state index in [1.54, 1.807) is 25.7 Å². The molecule has 1 fully saturated rings. The molecule has 2 N–H and O–H groups in total. The molecule has 1 saturated carbocycles. The van der Waals surface area contributed by atoms with E-state index >= 15 is 0 Å². The van der Waals surface area contributed by atoms with E-state index in [1.165, 1.54) is 0 Å². The number of thiol groups is 1. The standard InChI is InChI=1S/C26H41N3O4S/c1-15-11-10-12-16(2)20(15)21(22(30)28-25(4,5)6)29(19-13-17(19)3)23(31)18(14-34)27-24(32)33-26(7,8)9/h10-12,17-19,21,34H,13-14H2,1-9H3,(H,27,32)(H,28,30). The minimum absolute atomic E-state index is 0.0794. The molecule has 4 atom stereocenters. The van der Waals surface area contributed by atoms with E-state index in [2.05, 4.69) is 30.2 Å². The van der Waals surface area contributed by atoms with Gasteiger partial charge in [-0.2, -0.15) is 12.6 Å². The fourth-order valence-electron chi connectivity index (χ4n) is 4.08. The van der Waals surface area contributed by atoms with E-state index in [-0.39, 0.29) is 29.5 Å². The second-order valence-corrected chi connectivity index (χ2v) is 11.7. The van der Waals surface area contributed by atoms with Crippen LogP contribution in [0.2, 0.25) is 0 Å². The molecule has 0 radical (unpaired) electrons. The number of hydrogen-bond acceptors (Lipinski definition) is 5. The average molecular weight is 492 g/mol. The van der Waals surface area contributed by atoms with Crippen LogP contribution < -0.4 is 10.6 Å². The number of hydrogen-bond donors (Lipinski definition) is 3.